The second-order valence-electron chi connectivity index (χ2n) is 6.16. The fourth-order valence-electron chi connectivity index (χ4n) is 2.55. The molecule has 0 saturated heterocycles. The van der Waals surface area contributed by atoms with Gasteiger partial charge in [-0.1, -0.05) is 70.1 Å². The first-order chi connectivity index (χ1) is 10.6. The molecule has 0 aliphatic carbocycles. The number of unbranched alkanes of at least 4 members (excludes halogenated alkanes) is 7. The number of aliphatic hydroxyl groups is 2. The number of hydrogen-bond donors (Lipinski definition) is 2. The molecule has 0 bridgehead atoms. The van der Waals surface area contributed by atoms with Crippen molar-refractivity contribution in [1.29, 1.82) is 0 Å². The molecule has 0 spiro atoms. The molecule has 3 nitrogen and oxygen atoms in total. The maximum absolute atomic E-state index is 10.5. The number of hydrogen-bond acceptors (Lipinski definition) is 3. The van der Waals surface area contributed by atoms with E-state index in [1.807, 2.05) is 18.2 Å². The van der Waals surface area contributed by atoms with Gasteiger partial charge in [0.05, 0.1) is 0 Å². The van der Waals surface area contributed by atoms with Crippen LogP contribution in [0.2, 0.25) is 0 Å². The molecule has 2 atom stereocenters. The van der Waals surface area contributed by atoms with E-state index < -0.39 is 11.9 Å². The summed E-state index contributed by atoms with van der Waals surface area (Å²) in [5.41, 5.74) is 0. The summed E-state index contributed by atoms with van der Waals surface area (Å²) in [7, 11) is 0. The lowest BCUT2D eigenvalue weighted by Crippen LogP contribution is -2.46. The monoisotopic (exact) mass is 308 g/mol. The molecule has 126 valence electrons. The van der Waals surface area contributed by atoms with E-state index in [4.69, 9.17) is 4.74 Å². The molecule has 0 fully saturated rings. The zero-order valence-corrected chi connectivity index (χ0v) is 14.1. The van der Waals surface area contributed by atoms with Crippen molar-refractivity contribution < 1.29 is 14.9 Å². The number of rotatable bonds is 12. The molecule has 22 heavy (non-hydrogen) atoms. The molecule has 1 rings (SSSR count). The number of aliphatic hydroxyl groups excluding tert-OH is 1. The van der Waals surface area contributed by atoms with Gasteiger partial charge in [0, 0.05) is 6.42 Å². The van der Waals surface area contributed by atoms with Gasteiger partial charge in [-0.2, -0.15) is 0 Å². The van der Waals surface area contributed by atoms with Crippen LogP contribution in [0.4, 0.5) is 0 Å². The molecule has 2 unspecified atom stereocenters. The third kappa shape index (κ3) is 7.28. The van der Waals surface area contributed by atoms with Crippen LogP contribution in [-0.4, -0.2) is 22.1 Å². The quantitative estimate of drug-likeness (QED) is 0.436. The first-order valence-corrected chi connectivity index (χ1v) is 8.73. The molecule has 1 aromatic carbocycles. The summed E-state index contributed by atoms with van der Waals surface area (Å²) in [4.78, 5) is 0. The molecule has 1 aromatic rings. The van der Waals surface area contributed by atoms with E-state index in [9.17, 15) is 10.2 Å². The molecule has 0 amide bonds. The lowest BCUT2D eigenvalue weighted by atomic mass is 10.0. The summed E-state index contributed by atoms with van der Waals surface area (Å²) < 4.78 is 5.63. The van der Waals surface area contributed by atoms with E-state index in [0.29, 0.717) is 12.2 Å². The highest BCUT2D eigenvalue weighted by atomic mass is 16.6. The first-order valence-electron chi connectivity index (χ1n) is 8.73. The molecular weight excluding hydrogens is 276 g/mol. The predicted octanol–water partition coefficient (Wildman–Crippen LogP) is 4.67. The van der Waals surface area contributed by atoms with Gasteiger partial charge in [0.2, 0.25) is 5.79 Å². The largest absolute Gasteiger partial charge is 0.460 e. The minimum absolute atomic E-state index is 0.453. The Hall–Kier alpha value is -1.06. The van der Waals surface area contributed by atoms with Gasteiger partial charge in [-0.25, -0.2) is 0 Å². The normalized spacial score (nSPS) is 15.3. The Labute approximate surface area is 135 Å². The fourth-order valence-corrected chi connectivity index (χ4v) is 2.55. The second kappa shape index (κ2) is 10.6. The summed E-state index contributed by atoms with van der Waals surface area (Å²) in [6.45, 7) is 3.80. The minimum Gasteiger partial charge on any atom is -0.460 e. The van der Waals surface area contributed by atoms with Gasteiger partial charge in [0.15, 0.2) is 0 Å². The lowest BCUT2D eigenvalue weighted by molar-refractivity contribution is -0.204. The third-order valence-corrected chi connectivity index (χ3v) is 4.08. The van der Waals surface area contributed by atoms with Crippen molar-refractivity contribution in [3.8, 4) is 5.75 Å². The van der Waals surface area contributed by atoms with Crippen LogP contribution in [0.15, 0.2) is 30.3 Å². The van der Waals surface area contributed by atoms with Crippen LogP contribution in [0.1, 0.15) is 71.6 Å². The van der Waals surface area contributed by atoms with Crippen molar-refractivity contribution in [3.63, 3.8) is 0 Å². The van der Waals surface area contributed by atoms with Gasteiger partial charge in [0.25, 0.3) is 0 Å². The Morgan fingerprint density at radius 3 is 2.05 bits per heavy atom. The van der Waals surface area contributed by atoms with E-state index in [1.165, 1.54) is 38.5 Å². The smallest absolute Gasteiger partial charge is 0.233 e. The van der Waals surface area contributed by atoms with Crippen molar-refractivity contribution in [2.24, 2.45) is 0 Å². The number of benzene rings is 1. The molecule has 0 saturated carbocycles. The van der Waals surface area contributed by atoms with Crippen LogP contribution >= 0.6 is 0 Å². The molecule has 0 heterocycles. The maximum Gasteiger partial charge on any atom is 0.233 e. The summed E-state index contributed by atoms with van der Waals surface area (Å²) in [6.07, 6.45) is 9.13. The molecule has 3 heteroatoms. The molecule has 2 N–H and O–H groups in total. The maximum atomic E-state index is 10.5. The van der Waals surface area contributed by atoms with Crippen molar-refractivity contribution in [2.45, 2.75) is 83.5 Å². The summed E-state index contributed by atoms with van der Waals surface area (Å²) in [6, 6.07) is 9.19. The van der Waals surface area contributed by atoms with Crippen LogP contribution in [0, 0.1) is 0 Å². The summed E-state index contributed by atoms with van der Waals surface area (Å²) >= 11 is 0. The van der Waals surface area contributed by atoms with Crippen LogP contribution < -0.4 is 4.74 Å². The van der Waals surface area contributed by atoms with Crippen molar-refractivity contribution in [2.75, 3.05) is 0 Å². The summed E-state index contributed by atoms with van der Waals surface area (Å²) in [5.74, 6) is -0.908. The second-order valence-corrected chi connectivity index (χ2v) is 6.16. The predicted molar refractivity (Wildman–Crippen MR) is 90.9 cm³/mol. The van der Waals surface area contributed by atoms with Crippen LogP contribution in [0.25, 0.3) is 0 Å². The Morgan fingerprint density at radius 1 is 0.955 bits per heavy atom. The van der Waals surface area contributed by atoms with Gasteiger partial charge < -0.3 is 14.9 Å². The highest BCUT2D eigenvalue weighted by molar-refractivity contribution is 5.21. The van der Waals surface area contributed by atoms with E-state index in [-0.39, 0.29) is 0 Å². The Kier molecular flexibility index (Phi) is 9.17. The lowest BCUT2D eigenvalue weighted by Gasteiger charge is -2.31. The van der Waals surface area contributed by atoms with Gasteiger partial charge in [-0.15, -0.1) is 0 Å². The Bertz CT molecular complexity index is 378. The van der Waals surface area contributed by atoms with E-state index in [0.717, 1.165) is 12.8 Å². The van der Waals surface area contributed by atoms with Gasteiger partial charge in [0.1, 0.15) is 11.9 Å². The van der Waals surface area contributed by atoms with E-state index in [1.54, 1.807) is 19.1 Å². The van der Waals surface area contributed by atoms with Crippen molar-refractivity contribution in [3.05, 3.63) is 30.3 Å². The number of ether oxygens (including phenoxy) is 1. The highest BCUT2D eigenvalue weighted by Gasteiger charge is 2.34. The summed E-state index contributed by atoms with van der Waals surface area (Å²) in [5, 5.41) is 20.4. The highest BCUT2D eigenvalue weighted by Crippen LogP contribution is 2.25. The average molecular weight is 308 g/mol. The Morgan fingerprint density at radius 2 is 1.50 bits per heavy atom. The SMILES string of the molecule is CCCCCCCCCCC(O)(Oc1ccccc1)C(C)O. The third-order valence-electron chi connectivity index (χ3n) is 4.08. The molecule has 0 aliphatic rings. The minimum atomic E-state index is -1.50. The zero-order valence-electron chi connectivity index (χ0n) is 14.1. The molecule has 0 aromatic heterocycles. The first kappa shape index (κ1) is 19.0. The Balaban J connectivity index is 2.29. The molecule has 0 aliphatic heterocycles. The fraction of sp³-hybridized carbons (Fsp3) is 0.684. The average Bonchev–Trinajstić information content (AvgIpc) is 2.51. The van der Waals surface area contributed by atoms with Crippen LogP contribution in [0.3, 0.4) is 0 Å². The van der Waals surface area contributed by atoms with Crippen LogP contribution in [0.5, 0.6) is 5.75 Å². The van der Waals surface area contributed by atoms with E-state index >= 15 is 0 Å². The van der Waals surface area contributed by atoms with Gasteiger partial charge in [-0.05, 0) is 25.5 Å². The van der Waals surface area contributed by atoms with E-state index in [2.05, 4.69) is 6.92 Å². The van der Waals surface area contributed by atoms with Gasteiger partial charge >= 0.3 is 0 Å². The number of para-hydroxylation sites is 1. The standard InChI is InChI=1S/C19H32O3/c1-3-4-5-6-7-8-9-13-16-19(21,17(2)20)22-18-14-11-10-12-15-18/h10-12,14-15,17,20-21H,3-9,13,16H2,1-2H3. The molecular formula is C19H32O3. The van der Waals surface area contributed by atoms with Crippen LogP contribution in [-0.2, 0) is 0 Å². The topological polar surface area (TPSA) is 49.7 Å². The van der Waals surface area contributed by atoms with Crippen molar-refractivity contribution in [1.82, 2.24) is 0 Å². The molecule has 0 radical (unpaired) electrons. The zero-order chi connectivity index (χ0) is 16.3. The van der Waals surface area contributed by atoms with Gasteiger partial charge in [-0.3, -0.25) is 0 Å². The van der Waals surface area contributed by atoms with Crippen molar-refractivity contribution >= 4 is 0 Å².